The average molecular weight is 180 g/mol. The van der Waals surface area contributed by atoms with Crippen molar-refractivity contribution in [2.24, 2.45) is 4.99 Å². The molecule has 0 amide bonds. The summed E-state index contributed by atoms with van der Waals surface area (Å²) >= 11 is 0. The SMILES string of the molecule is B/C(C)=N/C(=C(\C)CBC)[N+](=O)[O-]. The van der Waals surface area contributed by atoms with Crippen LogP contribution in [0.3, 0.4) is 0 Å². The molecule has 0 bridgehead atoms. The molecule has 0 atom stereocenters. The number of hydrogen-bond acceptors (Lipinski definition) is 3. The summed E-state index contributed by atoms with van der Waals surface area (Å²) in [7, 11) is 2.66. The summed E-state index contributed by atoms with van der Waals surface area (Å²) in [6.07, 6.45) is 0.729. The molecule has 13 heavy (non-hydrogen) atoms. The Morgan fingerprint density at radius 3 is 2.46 bits per heavy atom. The minimum atomic E-state index is -0.419. The van der Waals surface area contributed by atoms with Crippen LogP contribution < -0.4 is 0 Å². The average Bonchev–Trinajstić information content (AvgIpc) is 1.99. The third kappa shape index (κ3) is 4.50. The lowest BCUT2D eigenvalue weighted by atomic mass is 9.75. The molecule has 0 aliphatic rings. The van der Waals surface area contributed by atoms with Gasteiger partial charge in [-0.05, 0) is 25.1 Å². The van der Waals surface area contributed by atoms with E-state index in [9.17, 15) is 10.1 Å². The van der Waals surface area contributed by atoms with Crippen molar-refractivity contribution < 1.29 is 4.92 Å². The van der Waals surface area contributed by atoms with Crippen molar-refractivity contribution in [3.05, 3.63) is 21.5 Å². The van der Waals surface area contributed by atoms with Gasteiger partial charge in [0.1, 0.15) is 7.28 Å². The Balaban J connectivity index is 4.89. The van der Waals surface area contributed by atoms with Crippen molar-refractivity contribution in [2.45, 2.75) is 27.0 Å². The molecule has 4 nitrogen and oxygen atoms in total. The highest BCUT2D eigenvalue weighted by molar-refractivity contribution is 6.59. The summed E-state index contributed by atoms with van der Waals surface area (Å²) in [6.45, 7) is 5.50. The Hall–Kier alpha value is -1.06. The molecule has 0 heterocycles. The first-order valence-corrected chi connectivity index (χ1v) is 4.35. The summed E-state index contributed by atoms with van der Waals surface area (Å²) in [6, 6.07) is 0. The van der Waals surface area contributed by atoms with Crippen LogP contribution in [0.15, 0.2) is 16.4 Å². The van der Waals surface area contributed by atoms with Gasteiger partial charge in [-0.3, -0.25) is 0 Å². The second-order valence-corrected chi connectivity index (χ2v) is 3.17. The number of nitro groups is 1. The van der Waals surface area contributed by atoms with Crippen LogP contribution in [0.2, 0.25) is 13.1 Å². The van der Waals surface area contributed by atoms with Crippen LogP contribution in [0.1, 0.15) is 13.8 Å². The van der Waals surface area contributed by atoms with Crippen LogP contribution >= 0.6 is 0 Å². The monoisotopic (exact) mass is 180 g/mol. The van der Waals surface area contributed by atoms with E-state index in [-0.39, 0.29) is 5.82 Å². The quantitative estimate of drug-likeness (QED) is 0.273. The van der Waals surface area contributed by atoms with Crippen molar-refractivity contribution >= 4 is 20.7 Å². The Labute approximate surface area is 79.9 Å². The van der Waals surface area contributed by atoms with Crippen LogP contribution in [0, 0.1) is 10.1 Å². The number of allylic oxidation sites excluding steroid dienone is 1. The predicted octanol–water partition coefficient (Wildman–Crippen LogP) is 0.449. The Morgan fingerprint density at radius 1 is 1.62 bits per heavy atom. The van der Waals surface area contributed by atoms with E-state index in [0.717, 1.165) is 19.2 Å². The minimum absolute atomic E-state index is 0.00171. The molecule has 0 unspecified atom stereocenters. The van der Waals surface area contributed by atoms with Gasteiger partial charge in [0.2, 0.25) is 0 Å². The first-order chi connectivity index (χ1) is 5.99. The highest BCUT2D eigenvalue weighted by atomic mass is 16.6. The molecule has 6 heteroatoms. The Kier molecular flexibility index (Phi) is 5.11. The fourth-order valence-electron chi connectivity index (χ4n) is 0.991. The molecule has 0 N–H and O–H groups in total. The van der Waals surface area contributed by atoms with Crippen molar-refractivity contribution in [2.75, 3.05) is 0 Å². The molecule has 0 rings (SSSR count). The smallest absolute Gasteiger partial charge is 0.358 e. The molecule has 0 aromatic carbocycles. The van der Waals surface area contributed by atoms with Gasteiger partial charge in [-0.1, -0.05) is 11.8 Å². The van der Waals surface area contributed by atoms with Crippen molar-refractivity contribution in [3.8, 4) is 0 Å². The maximum absolute atomic E-state index is 10.6. The van der Waals surface area contributed by atoms with Crippen molar-refractivity contribution in [1.29, 1.82) is 0 Å². The molecule has 0 spiro atoms. The largest absolute Gasteiger partial charge is 0.360 e. The Bertz CT molecular complexity index is 257. The molecular formula is C7H14B2N2O2. The predicted molar refractivity (Wildman–Crippen MR) is 59.2 cm³/mol. The van der Waals surface area contributed by atoms with E-state index in [2.05, 4.69) is 4.99 Å². The molecule has 0 aromatic rings. The maximum atomic E-state index is 10.6. The zero-order valence-electron chi connectivity index (χ0n) is 8.63. The molecule has 0 aromatic heterocycles. The van der Waals surface area contributed by atoms with E-state index in [4.69, 9.17) is 0 Å². The lowest BCUT2D eigenvalue weighted by molar-refractivity contribution is -0.427. The first kappa shape index (κ1) is 11.9. The van der Waals surface area contributed by atoms with Gasteiger partial charge in [-0.15, -0.1) is 0 Å². The topological polar surface area (TPSA) is 55.5 Å². The van der Waals surface area contributed by atoms with E-state index in [1.807, 2.05) is 6.82 Å². The summed E-state index contributed by atoms with van der Waals surface area (Å²) in [5, 5.41) is 10.6. The van der Waals surface area contributed by atoms with Crippen LogP contribution in [-0.2, 0) is 0 Å². The summed E-state index contributed by atoms with van der Waals surface area (Å²) in [5.74, 6) is 0.00171. The maximum Gasteiger partial charge on any atom is 0.360 e. The van der Waals surface area contributed by atoms with E-state index >= 15 is 0 Å². The first-order valence-electron chi connectivity index (χ1n) is 4.35. The molecule has 0 radical (unpaired) electrons. The number of hydrogen-bond donors (Lipinski definition) is 0. The molecule has 0 saturated carbocycles. The molecule has 0 saturated heterocycles. The van der Waals surface area contributed by atoms with Gasteiger partial charge in [0.15, 0.2) is 7.85 Å². The van der Waals surface area contributed by atoms with Crippen molar-refractivity contribution in [3.63, 3.8) is 0 Å². The molecule has 70 valence electrons. The number of rotatable bonds is 4. The van der Waals surface area contributed by atoms with E-state index < -0.39 is 4.92 Å². The fourth-order valence-corrected chi connectivity index (χ4v) is 0.991. The van der Waals surface area contributed by atoms with Gasteiger partial charge >= 0.3 is 5.82 Å². The molecule has 0 aliphatic heterocycles. The summed E-state index contributed by atoms with van der Waals surface area (Å²) in [5.41, 5.74) is 1.45. The zero-order valence-corrected chi connectivity index (χ0v) is 8.63. The van der Waals surface area contributed by atoms with Gasteiger partial charge in [-0.2, -0.15) is 0 Å². The third-order valence-electron chi connectivity index (χ3n) is 1.51. The standard InChI is InChI=1S/C7H14B2N2O2/c1-5(4-9-3)7(11(12)13)10-6(2)8/h9H,4,8H2,1-3H3/b7-5-,10-6+. The van der Waals surface area contributed by atoms with Crippen LogP contribution in [0.5, 0.6) is 0 Å². The van der Waals surface area contributed by atoms with Gasteiger partial charge < -0.3 is 10.1 Å². The normalized spacial score (nSPS) is 13.6. The number of aliphatic imine (C=N–C) groups is 1. The van der Waals surface area contributed by atoms with Gasteiger partial charge in [0.05, 0.1) is 5.61 Å². The second-order valence-electron chi connectivity index (χ2n) is 3.17. The summed E-state index contributed by atoms with van der Waals surface area (Å²) in [4.78, 5) is 14.1. The van der Waals surface area contributed by atoms with Crippen molar-refractivity contribution in [1.82, 2.24) is 0 Å². The van der Waals surface area contributed by atoms with Gasteiger partial charge in [-0.25, -0.2) is 0 Å². The van der Waals surface area contributed by atoms with Crippen LogP contribution in [-0.4, -0.2) is 25.7 Å². The van der Waals surface area contributed by atoms with E-state index in [0.29, 0.717) is 5.61 Å². The molecule has 0 fully saturated rings. The summed E-state index contributed by atoms with van der Waals surface area (Å²) < 4.78 is 0. The van der Waals surface area contributed by atoms with Crippen LogP contribution in [0.25, 0.3) is 0 Å². The van der Waals surface area contributed by atoms with E-state index in [1.165, 1.54) is 0 Å². The highest BCUT2D eigenvalue weighted by Gasteiger charge is 2.12. The van der Waals surface area contributed by atoms with Gasteiger partial charge in [0.25, 0.3) is 0 Å². The van der Waals surface area contributed by atoms with Gasteiger partial charge in [0, 0.05) is 5.57 Å². The fraction of sp³-hybridized carbons (Fsp3) is 0.571. The third-order valence-corrected chi connectivity index (χ3v) is 1.51. The molecule has 0 aliphatic carbocycles. The second kappa shape index (κ2) is 5.56. The zero-order chi connectivity index (χ0) is 10.4. The van der Waals surface area contributed by atoms with Crippen LogP contribution in [0.4, 0.5) is 0 Å². The molecular weight excluding hydrogens is 166 g/mol. The lowest BCUT2D eigenvalue weighted by Gasteiger charge is -1.98. The number of nitrogens with zero attached hydrogens (tertiary/aromatic N) is 2. The Morgan fingerprint density at radius 2 is 2.15 bits per heavy atom. The highest BCUT2D eigenvalue weighted by Crippen LogP contribution is 2.10. The van der Waals surface area contributed by atoms with E-state index in [1.54, 1.807) is 21.7 Å². The minimum Gasteiger partial charge on any atom is -0.358 e. The lowest BCUT2D eigenvalue weighted by Crippen LogP contribution is -2.03.